The Balaban J connectivity index is 1.74. The molecule has 5 nitrogen and oxygen atoms in total. The van der Waals surface area contributed by atoms with Crippen LogP contribution in [0.15, 0.2) is 53.9 Å². The number of hydrogen-bond donors (Lipinski definition) is 1. The Labute approximate surface area is 156 Å². The van der Waals surface area contributed by atoms with Gasteiger partial charge in [-0.05, 0) is 36.1 Å². The summed E-state index contributed by atoms with van der Waals surface area (Å²) in [6, 6.07) is 14.7. The van der Waals surface area contributed by atoms with Crippen molar-refractivity contribution in [2.75, 3.05) is 5.32 Å². The van der Waals surface area contributed by atoms with Gasteiger partial charge in [0.2, 0.25) is 0 Å². The molecule has 0 bridgehead atoms. The van der Waals surface area contributed by atoms with Crippen LogP contribution in [0.25, 0.3) is 5.65 Å². The molecular formula is C18H14F3N5S. The van der Waals surface area contributed by atoms with Gasteiger partial charge in [0, 0.05) is 4.88 Å². The van der Waals surface area contributed by atoms with E-state index in [1.165, 1.54) is 6.07 Å². The fourth-order valence-corrected chi connectivity index (χ4v) is 3.53. The fourth-order valence-electron chi connectivity index (χ4n) is 2.72. The minimum Gasteiger partial charge on any atom is -0.357 e. The molecule has 0 aliphatic rings. The van der Waals surface area contributed by atoms with Crippen LogP contribution in [0.2, 0.25) is 0 Å². The van der Waals surface area contributed by atoms with Crippen LogP contribution in [0.3, 0.4) is 0 Å². The lowest BCUT2D eigenvalue weighted by Crippen LogP contribution is -2.16. The van der Waals surface area contributed by atoms with Crippen molar-refractivity contribution >= 4 is 22.8 Å². The highest BCUT2D eigenvalue weighted by molar-refractivity contribution is 7.10. The molecule has 0 amide bonds. The second-order valence-corrected chi connectivity index (χ2v) is 6.99. The van der Waals surface area contributed by atoms with Crippen LogP contribution in [-0.4, -0.2) is 19.8 Å². The molecular weight excluding hydrogens is 375 g/mol. The average Bonchev–Trinajstić information content (AvgIpc) is 3.29. The van der Waals surface area contributed by atoms with Crippen molar-refractivity contribution in [1.82, 2.24) is 19.8 Å². The van der Waals surface area contributed by atoms with Gasteiger partial charge in [0.15, 0.2) is 5.65 Å². The summed E-state index contributed by atoms with van der Waals surface area (Å²) in [5, 5.41) is 16.0. The van der Waals surface area contributed by atoms with Gasteiger partial charge in [-0.1, -0.05) is 35.9 Å². The van der Waals surface area contributed by atoms with Crippen LogP contribution < -0.4 is 5.32 Å². The highest BCUT2D eigenvalue weighted by Gasteiger charge is 2.37. The van der Waals surface area contributed by atoms with Gasteiger partial charge in [0.1, 0.15) is 5.82 Å². The molecule has 0 spiro atoms. The maximum Gasteiger partial charge on any atom is 0.453 e. The molecule has 3 aromatic heterocycles. The molecule has 1 aromatic carbocycles. The first kappa shape index (κ1) is 17.5. The Hall–Kier alpha value is -2.94. The molecule has 9 heteroatoms. The van der Waals surface area contributed by atoms with E-state index in [-0.39, 0.29) is 11.7 Å². The average molecular weight is 389 g/mol. The number of thiophene rings is 1. The lowest BCUT2D eigenvalue weighted by molar-refractivity contribution is -0.146. The van der Waals surface area contributed by atoms with E-state index in [1.54, 1.807) is 17.4 Å². The second-order valence-electron chi connectivity index (χ2n) is 6.01. The Bertz CT molecular complexity index is 1050. The molecule has 1 N–H and O–H groups in total. The highest BCUT2D eigenvalue weighted by atomic mass is 32.1. The smallest absolute Gasteiger partial charge is 0.357 e. The summed E-state index contributed by atoms with van der Waals surface area (Å²) in [6.07, 6.45) is -4.63. The van der Waals surface area contributed by atoms with Crippen LogP contribution in [0.5, 0.6) is 0 Å². The number of rotatable bonds is 4. The van der Waals surface area contributed by atoms with Gasteiger partial charge in [0.25, 0.3) is 5.82 Å². The molecule has 0 aliphatic carbocycles. The van der Waals surface area contributed by atoms with Gasteiger partial charge >= 0.3 is 6.18 Å². The van der Waals surface area contributed by atoms with Crippen molar-refractivity contribution in [3.63, 3.8) is 0 Å². The Morgan fingerprint density at radius 2 is 1.81 bits per heavy atom. The molecule has 3 heterocycles. The number of aryl methyl sites for hydroxylation is 1. The molecule has 4 aromatic rings. The maximum absolute atomic E-state index is 13.1. The standard InChI is InChI=1S/C18H14F3N5S/c1-11-4-6-12(7-5-11)16(13-3-2-10-27-13)22-14-8-9-15-23-24-17(18(19,20)21)26(15)25-14/h2-10,16H,1H3,(H,22,25)/t16-/m1/s1. The topological polar surface area (TPSA) is 55.1 Å². The largest absolute Gasteiger partial charge is 0.453 e. The van der Waals surface area contributed by atoms with E-state index in [2.05, 4.69) is 20.6 Å². The number of nitrogens with one attached hydrogen (secondary N) is 1. The van der Waals surface area contributed by atoms with Crippen molar-refractivity contribution in [3.05, 3.63) is 75.7 Å². The predicted molar refractivity (Wildman–Crippen MR) is 96.7 cm³/mol. The minimum atomic E-state index is -4.63. The highest BCUT2D eigenvalue weighted by Crippen LogP contribution is 2.31. The van der Waals surface area contributed by atoms with Gasteiger partial charge in [-0.25, -0.2) is 0 Å². The molecule has 0 unspecified atom stereocenters. The third-order valence-corrected chi connectivity index (χ3v) is 4.98. The summed E-state index contributed by atoms with van der Waals surface area (Å²) in [4.78, 5) is 1.03. The molecule has 0 saturated heterocycles. The number of aromatic nitrogens is 4. The summed E-state index contributed by atoms with van der Waals surface area (Å²) in [5.74, 6) is -0.851. The zero-order valence-electron chi connectivity index (χ0n) is 14.1. The number of halogens is 3. The molecule has 1 atom stereocenters. The maximum atomic E-state index is 13.1. The third kappa shape index (κ3) is 3.50. The molecule has 27 heavy (non-hydrogen) atoms. The molecule has 4 rings (SSSR count). The van der Waals surface area contributed by atoms with E-state index in [0.717, 1.165) is 16.0 Å². The van der Waals surface area contributed by atoms with Crippen LogP contribution in [0, 0.1) is 6.92 Å². The molecule has 0 aliphatic heterocycles. The van der Waals surface area contributed by atoms with E-state index in [9.17, 15) is 13.2 Å². The van der Waals surface area contributed by atoms with Crippen molar-refractivity contribution < 1.29 is 13.2 Å². The normalized spacial score (nSPS) is 13.0. The van der Waals surface area contributed by atoms with Crippen molar-refractivity contribution in [3.8, 4) is 0 Å². The van der Waals surface area contributed by atoms with Gasteiger partial charge in [-0.3, -0.25) is 0 Å². The lowest BCUT2D eigenvalue weighted by atomic mass is 10.0. The SMILES string of the molecule is Cc1ccc([C@@H](Nc2ccc3nnc(C(F)(F)F)n3n2)c2cccs2)cc1. The fraction of sp³-hybridized carbons (Fsp3) is 0.167. The predicted octanol–water partition coefficient (Wildman–Crippen LogP) is 4.71. The molecule has 138 valence electrons. The summed E-state index contributed by atoms with van der Waals surface area (Å²) in [5.41, 5.74) is 2.16. The first-order valence-electron chi connectivity index (χ1n) is 8.08. The Morgan fingerprint density at radius 1 is 1.04 bits per heavy atom. The summed E-state index contributed by atoms with van der Waals surface area (Å²) in [7, 11) is 0. The van der Waals surface area contributed by atoms with Gasteiger partial charge in [0.05, 0.1) is 6.04 Å². The lowest BCUT2D eigenvalue weighted by Gasteiger charge is -2.19. The molecule has 0 radical (unpaired) electrons. The van der Waals surface area contributed by atoms with Crippen molar-refractivity contribution in [1.29, 1.82) is 0 Å². The van der Waals surface area contributed by atoms with E-state index in [0.29, 0.717) is 10.3 Å². The number of hydrogen-bond acceptors (Lipinski definition) is 5. The zero-order valence-corrected chi connectivity index (χ0v) is 14.9. The number of anilines is 1. The first-order valence-corrected chi connectivity index (χ1v) is 8.96. The van der Waals surface area contributed by atoms with E-state index >= 15 is 0 Å². The minimum absolute atomic E-state index is 0.0379. The van der Waals surface area contributed by atoms with Crippen LogP contribution in [0.1, 0.15) is 27.9 Å². The summed E-state index contributed by atoms with van der Waals surface area (Å²) in [6.45, 7) is 2.00. The molecule has 0 saturated carbocycles. The van der Waals surface area contributed by atoms with Gasteiger partial charge in [-0.2, -0.15) is 17.7 Å². The second kappa shape index (κ2) is 6.66. The Kier molecular flexibility index (Phi) is 4.31. The Morgan fingerprint density at radius 3 is 2.48 bits per heavy atom. The van der Waals surface area contributed by atoms with E-state index in [1.807, 2.05) is 48.7 Å². The van der Waals surface area contributed by atoms with Gasteiger partial charge < -0.3 is 5.32 Å². The quantitative estimate of drug-likeness (QED) is 0.549. The summed E-state index contributed by atoms with van der Waals surface area (Å²) < 4.78 is 40.0. The van der Waals surface area contributed by atoms with E-state index in [4.69, 9.17) is 0 Å². The number of benzene rings is 1. The van der Waals surface area contributed by atoms with Crippen LogP contribution >= 0.6 is 11.3 Å². The zero-order chi connectivity index (χ0) is 19.0. The third-order valence-electron chi connectivity index (χ3n) is 4.05. The van der Waals surface area contributed by atoms with Gasteiger partial charge in [-0.15, -0.1) is 26.6 Å². The van der Waals surface area contributed by atoms with Crippen molar-refractivity contribution in [2.24, 2.45) is 0 Å². The van der Waals surface area contributed by atoms with Crippen molar-refractivity contribution in [2.45, 2.75) is 19.1 Å². The number of fused-ring (bicyclic) bond motifs is 1. The van der Waals surface area contributed by atoms with E-state index < -0.39 is 12.0 Å². The molecule has 0 fully saturated rings. The number of nitrogens with zero attached hydrogens (tertiary/aromatic N) is 4. The van der Waals surface area contributed by atoms with Crippen LogP contribution in [-0.2, 0) is 6.18 Å². The van der Waals surface area contributed by atoms with Crippen LogP contribution in [0.4, 0.5) is 19.0 Å². The monoisotopic (exact) mass is 389 g/mol. The summed E-state index contributed by atoms with van der Waals surface area (Å²) >= 11 is 1.56. The first-order chi connectivity index (χ1) is 12.9. The number of alkyl halides is 3.